The summed E-state index contributed by atoms with van der Waals surface area (Å²) in [6.45, 7) is 1.99. The molecule has 1 aliphatic carbocycles. The van der Waals surface area contributed by atoms with Crippen molar-refractivity contribution in [1.29, 1.82) is 0 Å². The van der Waals surface area contributed by atoms with Crippen LogP contribution in [0.1, 0.15) is 47.2 Å². The molecule has 0 fully saturated rings. The molecule has 86 valence electrons. The highest BCUT2D eigenvalue weighted by molar-refractivity contribution is 5.98. The maximum absolute atomic E-state index is 12.0. The van der Waals surface area contributed by atoms with Gasteiger partial charge in [-0.15, -0.1) is 0 Å². The second kappa shape index (κ2) is 4.69. The minimum atomic E-state index is 0.292. The van der Waals surface area contributed by atoms with Gasteiger partial charge in [-0.05, 0) is 49.4 Å². The number of carbonyl (C=O) groups excluding carboxylic acids is 1. The van der Waals surface area contributed by atoms with Gasteiger partial charge < -0.3 is 4.74 Å². The molecule has 0 saturated carbocycles. The topological polar surface area (TPSA) is 26.3 Å². The number of ketones is 1. The predicted molar refractivity (Wildman–Crippen MR) is 64.2 cm³/mol. The Morgan fingerprint density at radius 1 is 1.12 bits per heavy atom. The predicted octanol–water partition coefficient (Wildman–Crippen LogP) is 3.30. The summed E-state index contributed by atoms with van der Waals surface area (Å²) in [4.78, 5) is 12.0. The van der Waals surface area contributed by atoms with Crippen LogP contribution in [0.2, 0.25) is 0 Å². The van der Waals surface area contributed by atoms with Crippen molar-refractivity contribution >= 4 is 5.78 Å². The van der Waals surface area contributed by atoms with E-state index in [2.05, 4.69) is 0 Å². The lowest BCUT2D eigenvalue weighted by Crippen LogP contribution is -2.08. The minimum absolute atomic E-state index is 0.292. The summed E-state index contributed by atoms with van der Waals surface area (Å²) < 4.78 is 5.31. The van der Waals surface area contributed by atoms with E-state index < -0.39 is 0 Å². The highest BCUT2D eigenvalue weighted by Crippen LogP contribution is 2.27. The number of hydrogen-bond donors (Lipinski definition) is 0. The van der Waals surface area contributed by atoms with Gasteiger partial charge in [-0.3, -0.25) is 4.79 Å². The SMILES string of the molecule is COc1cc2c(cc1C)C(=O)CCCCC2. The van der Waals surface area contributed by atoms with E-state index in [-0.39, 0.29) is 0 Å². The Morgan fingerprint density at radius 3 is 2.62 bits per heavy atom. The number of Topliss-reactive ketones (excluding diaryl/α,β-unsaturated/α-hetero) is 1. The molecular formula is C14H18O2. The maximum atomic E-state index is 12.0. The largest absolute Gasteiger partial charge is 0.496 e. The van der Waals surface area contributed by atoms with E-state index in [9.17, 15) is 4.79 Å². The maximum Gasteiger partial charge on any atom is 0.163 e. The van der Waals surface area contributed by atoms with Crippen molar-refractivity contribution in [3.63, 3.8) is 0 Å². The van der Waals surface area contributed by atoms with Gasteiger partial charge in [0.15, 0.2) is 5.78 Å². The van der Waals surface area contributed by atoms with Gasteiger partial charge in [0.05, 0.1) is 7.11 Å². The molecule has 2 nitrogen and oxygen atoms in total. The second-order valence-corrected chi connectivity index (χ2v) is 4.46. The fourth-order valence-corrected chi connectivity index (χ4v) is 2.33. The molecule has 1 aromatic carbocycles. The van der Waals surface area contributed by atoms with E-state index in [4.69, 9.17) is 4.74 Å². The first-order valence-corrected chi connectivity index (χ1v) is 5.93. The minimum Gasteiger partial charge on any atom is -0.496 e. The Labute approximate surface area is 96.6 Å². The number of methoxy groups -OCH3 is 1. The van der Waals surface area contributed by atoms with Crippen molar-refractivity contribution < 1.29 is 9.53 Å². The zero-order valence-electron chi connectivity index (χ0n) is 10.0. The van der Waals surface area contributed by atoms with E-state index in [0.29, 0.717) is 12.2 Å². The van der Waals surface area contributed by atoms with Gasteiger partial charge in [0.1, 0.15) is 5.75 Å². The molecule has 1 aromatic rings. The van der Waals surface area contributed by atoms with E-state index in [1.54, 1.807) is 7.11 Å². The number of aryl methyl sites for hydroxylation is 2. The lowest BCUT2D eigenvalue weighted by molar-refractivity contribution is 0.0976. The monoisotopic (exact) mass is 218 g/mol. The quantitative estimate of drug-likeness (QED) is 0.723. The van der Waals surface area contributed by atoms with Crippen molar-refractivity contribution in [2.24, 2.45) is 0 Å². The molecule has 0 bridgehead atoms. The van der Waals surface area contributed by atoms with Crippen molar-refractivity contribution in [2.45, 2.75) is 39.0 Å². The van der Waals surface area contributed by atoms with Crippen LogP contribution in [0.25, 0.3) is 0 Å². The number of hydrogen-bond acceptors (Lipinski definition) is 2. The van der Waals surface area contributed by atoms with Crippen LogP contribution >= 0.6 is 0 Å². The van der Waals surface area contributed by atoms with Gasteiger partial charge in [0.2, 0.25) is 0 Å². The summed E-state index contributed by atoms with van der Waals surface area (Å²) in [6.07, 6.45) is 5.05. The van der Waals surface area contributed by atoms with Crippen molar-refractivity contribution in [2.75, 3.05) is 7.11 Å². The van der Waals surface area contributed by atoms with Gasteiger partial charge in [0, 0.05) is 12.0 Å². The Balaban J connectivity index is 2.46. The lowest BCUT2D eigenvalue weighted by atomic mass is 9.91. The number of ether oxygens (including phenoxy) is 1. The first-order chi connectivity index (χ1) is 7.72. The van der Waals surface area contributed by atoms with Crippen LogP contribution in [0.15, 0.2) is 12.1 Å². The van der Waals surface area contributed by atoms with Crippen LogP contribution < -0.4 is 4.74 Å². The van der Waals surface area contributed by atoms with Crippen LogP contribution in [0.5, 0.6) is 5.75 Å². The lowest BCUT2D eigenvalue weighted by Gasteiger charge is -2.15. The molecule has 2 heteroatoms. The molecule has 0 heterocycles. The zero-order valence-corrected chi connectivity index (χ0v) is 10.0. The van der Waals surface area contributed by atoms with E-state index in [1.807, 2.05) is 19.1 Å². The summed E-state index contributed by atoms with van der Waals surface area (Å²) in [5.74, 6) is 1.19. The molecule has 0 aliphatic heterocycles. The van der Waals surface area contributed by atoms with E-state index in [0.717, 1.165) is 41.7 Å². The van der Waals surface area contributed by atoms with Crippen LogP contribution in [0.3, 0.4) is 0 Å². The van der Waals surface area contributed by atoms with Gasteiger partial charge in [0.25, 0.3) is 0 Å². The first kappa shape index (κ1) is 11.2. The first-order valence-electron chi connectivity index (χ1n) is 5.93. The molecule has 0 radical (unpaired) electrons. The summed E-state index contributed by atoms with van der Waals surface area (Å²) in [7, 11) is 1.68. The smallest absolute Gasteiger partial charge is 0.163 e. The molecule has 0 N–H and O–H groups in total. The molecular weight excluding hydrogens is 200 g/mol. The van der Waals surface area contributed by atoms with Gasteiger partial charge in [-0.25, -0.2) is 0 Å². The van der Waals surface area contributed by atoms with Crippen molar-refractivity contribution in [3.8, 4) is 5.75 Å². The van der Waals surface area contributed by atoms with E-state index >= 15 is 0 Å². The third kappa shape index (κ3) is 2.11. The van der Waals surface area contributed by atoms with Gasteiger partial charge in [-0.1, -0.05) is 6.42 Å². The number of fused-ring (bicyclic) bond motifs is 1. The van der Waals surface area contributed by atoms with Crippen molar-refractivity contribution in [1.82, 2.24) is 0 Å². The molecule has 0 atom stereocenters. The molecule has 0 aromatic heterocycles. The standard InChI is InChI=1S/C14H18O2/c1-10-8-12-11(9-14(10)16-2)6-4-3-5-7-13(12)15/h8-9H,3-7H2,1-2H3. The summed E-state index contributed by atoms with van der Waals surface area (Å²) in [5.41, 5.74) is 3.13. The zero-order chi connectivity index (χ0) is 11.5. The Morgan fingerprint density at radius 2 is 1.88 bits per heavy atom. The summed E-state index contributed by atoms with van der Waals surface area (Å²) in [5, 5.41) is 0. The third-order valence-corrected chi connectivity index (χ3v) is 3.27. The molecule has 0 spiro atoms. The third-order valence-electron chi connectivity index (χ3n) is 3.27. The molecule has 0 amide bonds. The van der Waals surface area contributed by atoms with Gasteiger partial charge in [-0.2, -0.15) is 0 Å². The molecule has 0 saturated heterocycles. The number of carbonyl (C=O) groups is 1. The Kier molecular flexibility index (Phi) is 3.28. The Bertz CT molecular complexity index is 407. The molecule has 2 rings (SSSR count). The average Bonchev–Trinajstić information content (AvgIpc) is 2.27. The van der Waals surface area contributed by atoms with Crippen molar-refractivity contribution in [3.05, 3.63) is 28.8 Å². The van der Waals surface area contributed by atoms with Crippen LogP contribution in [0.4, 0.5) is 0 Å². The normalized spacial score (nSPS) is 16.2. The van der Waals surface area contributed by atoms with Crippen LogP contribution in [-0.2, 0) is 6.42 Å². The summed E-state index contributed by atoms with van der Waals surface area (Å²) >= 11 is 0. The average molecular weight is 218 g/mol. The fourth-order valence-electron chi connectivity index (χ4n) is 2.33. The fraction of sp³-hybridized carbons (Fsp3) is 0.500. The second-order valence-electron chi connectivity index (χ2n) is 4.46. The Hall–Kier alpha value is -1.31. The van der Waals surface area contributed by atoms with Crippen LogP contribution in [-0.4, -0.2) is 12.9 Å². The molecule has 0 unspecified atom stereocenters. The van der Waals surface area contributed by atoms with Crippen LogP contribution in [0, 0.1) is 6.92 Å². The molecule has 16 heavy (non-hydrogen) atoms. The van der Waals surface area contributed by atoms with E-state index in [1.165, 1.54) is 6.42 Å². The highest BCUT2D eigenvalue weighted by atomic mass is 16.5. The number of benzene rings is 1. The molecule has 1 aliphatic rings. The summed E-state index contributed by atoms with van der Waals surface area (Å²) in [6, 6.07) is 4.02. The highest BCUT2D eigenvalue weighted by Gasteiger charge is 2.16. The number of rotatable bonds is 1. The van der Waals surface area contributed by atoms with Gasteiger partial charge >= 0.3 is 0 Å².